The fourth-order valence-electron chi connectivity index (χ4n) is 2.42. The van der Waals surface area contributed by atoms with Gasteiger partial charge in [-0.1, -0.05) is 0 Å². The van der Waals surface area contributed by atoms with Crippen LogP contribution >= 0.6 is 0 Å². The van der Waals surface area contributed by atoms with Gasteiger partial charge in [0.2, 0.25) is 5.60 Å². The number of aromatic nitrogens is 3. The molecule has 8 nitrogen and oxygen atoms in total. The smallest absolute Gasteiger partial charge is 0.205 e. The highest BCUT2D eigenvalue weighted by Gasteiger charge is 2.49. The van der Waals surface area contributed by atoms with Gasteiger partial charge in [-0.3, -0.25) is 0 Å². The SMILES string of the molecule is N#C[C@]1(CO)O[C@@H](n2ccc3c(N)ncnc32)C[C@@H]1O. The van der Waals surface area contributed by atoms with Crippen molar-refractivity contribution in [2.75, 3.05) is 12.3 Å². The van der Waals surface area contributed by atoms with E-state index in [1.807, 2.05) is 6.07 Å². The van der Waals surface area contributed by atoms with Crippen molar-refractivity contribution >= 4 is 16.9 Å². The van der Waals surface area contributed by atoms with Gasteiger partial charge in [0, 0.05) is 12.6 Å². The molecule has 0 aromatic carbocycles. The van der Waals surface area contributed by atoms with Gasteiger partial charge in [0.25, 0.3) is 0 Å². The van der Waals surface area contributed by atoms with Gasteiger partial charge in [-0.05, 0) is 6.07 Å². The minimum atomic E-state index is -1.60. The van der Waals surface area contributed by atoms with Gasteiger partial charge in [0.15, 0.2) is 0 Å². The van der Waals surface area contributed by atoms with Crippen molar-refractivity contribution in [3.63, 3.8) is 0 Å². The summed E-state index contributed by atoms with van der Waals surface area (Å²) in [6.45, 7) is -0.572. The van der Waals surface area contributed by atoms with Crippen LogP contribution in [0.25, 0.3) is 11.0 Å². The Bertz CT molecular complexity index is 694. The highest BCUT2D eigenvalue weighted by Crippen LogP contribution is 2.38. The highest BCUT2D eigenvalue weighted by molar-refractivity contribution is 5.86. The Labute approximate surface area is 114 Å². The Balaban J connectivity index is 2.02. The molecule has 0 saturated carbocycles. The van der Waals surface area contributed by atoms with Crippen molar-refractivity contribution in [3.8, 4) is 6.07 Å². The number of rotatable bonds is 2. The molecule has 0 spiro atoms. The summed E-state index contributed by atoms with van der Waals surface area (Å²) in [5.74, 6) is 0.348. The van der Waals surface area contributed by atoms with Crippen LogP contribution in [0, 0.1) is 11.3 Å². The van der Waals surface area contributed by atoms with E-state index in [1.54, 1.807) is 16.8 Å². The number of fused-ring (bicyclic) bond motifs is 1. The van der Waals surface area contributed by atoms with E-state index in [2.05, 4.69) is 9.97 Å². The number of ether oxygens (including phenoxy) is 1. The second-order valence-corrected chi connectivity index (χ2v) is 4.70. The lowest BCUT2D eigenvalue weighted by atomic mass is 10.00. The number of nitrogen functional groups attached to an aromatic ring is 1. The number of aliphatic hydroxyl groups is 2. The Morgan fingerprint density at radius 2 is 2.40 bits per heavy atom. The molecule has 2 aromatic heterocycles. The van der Waals surface area contributed by atoms with Gasteiger partial charge in [0.1, 0.15) is 36.2 Å². The summed E-state index contributed by atoms with van der Waals surface area (Å²) in [6.07, 6.45) is 1.56. The topological polar surface area (TPSA) is 130 Å². The highest BCUT2D eigenvalue weighted by atomic mass is 16.6. The van der Waals surface area contributed by atoms with Gasteiger partial charge < -0.3 is 25.3 Å². The first kappa shape index (κ1) is 12.8. The van der Waals surface area contributed by atoms with Crippen LogP contribution in [0.2, 0.25) is 0 Å². The minimum absolute atomic E-state index is 0.182. The van der Waals surface area contributed by atoms with Gasteiger partial charge in [-0.2, -0.15) is 5.26 Å². The lowest BCUT2D eigenvalue weighted by molar-refractivity contribution is -0.0903. The van der Waals surface area contributed by atoms with Crippen LogP contribution in [0.15, 0.2) is 18.6 Å². The predicted molar refractivity (Wildman–Crippen MR) is 68.1 cm³/mol. The molecule has 2 aromatic rings. The summed E-state index contributed by atoms with van der Waals surface area (Å²) in [6, 6.07) is 3.58. The zero-order chi connectivity index (χ0) is 14.3. The maximum absolute atomic E-state index is 9.96. The van der Waals surface area contributed by atoms with Crippen molar-refractivity contribution in [3.05, 3.63) is 18.6 Å². The first-order chi connectivity index (χ1) is 9.61. The monoisotopic (exact) mass is 275 g/mol. The maximum Gasteiger partial charge on any atom is 0.205 e. The lowest BCUT2D eigenvalue weighted by Crippen LogP contribution is -2.41. The van der Waals surface area contributed by atoms with E-state index in [4.69, 9.17) is 15.7 Å². The predicted octanol–water partition coefficient (Wildman–Crippen LogP) is -0.452. The Hall–Kier alpha value is -2.21. The molecule has 3 heterocycles. The second kappa shape index (κ2) is 4.42. The van der Waals surface area contributed by atoms with E-state index in [-0.39, 0.29) is 6.42 Å². The third-order valence-electron chi connectivity index (χ3n) is 3.58. The standard InChI is InChI=1S/C12H13N5O3/c13-4-12(5-18)8(19)3-9(20-12)17-2-1-7-10(14)15-6-16-11(7)17/h1-2,6,8-9,18-19H,3,5H2,(H2,14,15,16)/t8-,9+,12+/m0/s1. The fraction of sp³-hybridized carbons (Fsp3) is 0.417. The van der Waals surface area contributed by atoms with E-state index >= 15 is 0 Å². The van der Waals surface area contributed by atoms with E-state index in [0.717, 1.165) is 0 Å². The second-order valence-electron chi connectivity index (χ2n) is 4.70. The normalized spacial score (nSPS) is 29.6. The summed E-state index contributed by atoms with van der Waals surface area (Å²) >= 11 is 0. The number of hydrogen-bond donors (Lipinski definition) is 3. The molecule has 4 N–H and O–H groups in total. The molecular weight excluding hydrogens is 262 g/mol. The Kier molecular flexibility index (Phi) is 2.83. The molecule has 3 rings (SSSR count). The molecule has 1 aliphatic heterocycles. The van der Waals surface area contributed by atoms with Crippen LogP contribution in [0.5, 0.6) is 0 Å². The molecule has 1 aliphatic rings. The number of hydrogen-bond acceptors (Lipinski definition) is 7. The van der Waals surface area contributed by atoms with E-state index < -0.39 is 24.5 Å². The quantitative estimate of drug-likeness (QED) is 0.676. The number of anilines is 1. The Morgan fingerprint density at radius 1 is 1.60 bits per heavy atom. The molecule has 3 atom stereocenters. The van der Waals surface area contributed by atoms with Crippen molar-refractivity contribution in [1.29, 1.82) is 5.26 Å². The minimum Gasteiger partial charge on any atom is -0.392 e. The van der Waals surface area contributed by atoms with Crippen LogP contribution < -0.4 is 5.73 Å². The van der Waals surface area contributed by atoms with Crippen molar-refractivity contribution in [1.82, 2.24) is 14.5 Å². The lowest BCUT2D eigenvalue weighted by Gasteiger charge is -2.21. The summed E-state index contributed by atoms with van der Waals surface area (Å²) in [5, 5.41) is 29.0. The summed E-state index contributed by atoms with van der Waals surface area (Å²) in [5.41, 5.74) is 4.71. The number of nitrogens with zero attached hydrogens (tertiary/aromatic N) is 4. The molecule has 0 bridgehead atoms. The summed E-state index contributed by atoms with van der Waals surface area (Å²) < 4.78 is 7.22. The molecule has 20 heavy (non-hydrogen) atoms. The number of nitriles is 1. The van der Waals surface area contributed by atoms with Crippen LogP contribution in [-0.2, 0) is 4.74 Å². The number of aliphatic hydroxyl groups excluding tert-OH is 2. The van der Waals surface area contributed by atoms with E-state index in [9.17, 15) is 10.2 Å². The first-order valence-electron chi connectivity index (χ1n) is 6.06. The molecule has 0 unspecified atom stereocenters. The van der Waals surface area contributed by atoms with Gasteiger partial charge in [0.05, 0.1) is 12.0 Å². The third-order valence-corrected chi connectivity index (χ3v) is 3.58. The van der Waals surface area contributed by atoms with Crippen LogP contribution in [0.1, 0.15) is 12.6 Å². The molecule has 8 heteroatoms. The zero-order valence-corrected chi connectivity index (χ0v) is 10.5. The van der Waals surface area contributed by atoms with Crippen molar-refractivity contribution < 1.29 is 14.9 Å². The summed E-state index contributed by atoms with van der Waals surface area (Å²) in [7, 11) is 0. The van der Waals surface area contributed by atoms with Gasteiger partial charge in [-0.15, -0.1) is 0 Å². The molecule has 1 fully saturated rings. The molecule has 104 valence electrons. The molecular formula is C12H13N5O3. The summed E-state index contributed by atoms with van der Waals surface area (Å²) in [4.78, 5) is 8.03. The Morgan fingerprint density at radius 3 is 3.05 bits per heavy atom. The fourth-order valence-corrected chi connectivity index (χ4v) is 2.42. The third kappa shape index (κ3) is 1.65. The maximum atomic E-state index is 9.96. The van der Waals surface area contributed by atoms with E-state index in [1.165, 1.54) is 6.33 Å². The van der Waals surface area contributed by atoms with Gasteiger partial charge >= 0.3 is 0 Å². The molecule has 0 amide bonds. The molecule has 0 radical (unpaired) electrons. The van der Waals surface area contributed by atoms with E-state index in [0.29, 0.717) is 16.9 Å². The van der Waals surface area contributed by atoms with Gasteiger partial charge in [-0.25, -0.2) is 9.97 Å². The van der Waals surface area contributed by atoms with Crippen molar-refractivity contribution in [2.45, 2.75) is 24.4 Å². The number of nitrogens with two attached hydrogens (primary N) is 1. The van der Waals surface area contributed by atoms with Crippen LogP contribution in [-0.4, -0.2) is 43.1 Å². The average molecular weight is 275 g/mol. The first-order valence-corrected chi connectivity index (χ1v) is 6.06. The molecule has 1 saturated heterocycles. The molecule has 0 aliphatic carbocycles. The largest absolute Gasteiger partial charge is 0.392 e. The zero-order valence-electron chi connectivity index (χ0n) is 10.5. The average Bonchev–Trinajstić information content (AvgIpc) is 3.01. The van der Waals surface area contributed by atoms with Crippen LogP contribution in [0.3, 0.4) is 0 Å². The van der Waals surface area contributed by atoms with Crippen LogP contribution in [0.4, 0.5) is 5.82 Å². The van der Waals surface area contributed by atoms with Crippen molar-refractivity contribution in [2.24, 2.45) is 0 Å².